The molecule has 168 valence electrons. The number of benzene rings is 2. The molecule has 3 unspecified atom stereocenters. The zero-order valence-corrected chi connectivity index (χ0v) is 20.1. The lowest BCUT2D eigenvalue weighted by Gasteiger charge is -2.22. The van der Waals surface area contributed by atoms with E-state index >= 15 is 0 Å². The van der Waals surface area contributed by atoms with E-state index in [0.29, 0.717) is 22.8 Å². The number of carboxylic acids is 1. The summed E-state index contributed by atoms with van der Waals surface area (Å²) in [6.07, 6.45) is 3.67. The monoisotopic (exact) mass is 487 g/mol. The van der Waals surface area contributed by atoms with Gasteiger partial charge < -0.3 is 10.0 Å². The number of hydrogen-bond acceptors (Lipinski definition) is 4. The molecule has 1 saturated heterocycles. The van der Waals surface area contributed by atoms with E-state index in [1.54, 1.807) is 23.9 Å². The molecule has 7 heteroatoms. The number of carboxylic acid groups (broad SMARTS) is 1. The number of nitrogens with zero attached hydrogens (tertiary/aromatic N) is 1. The van der Waals surface area contributed by atoms with Crippen molar-refractivity contribution in [2.75, 3.05) is 18.8 Å². The number of halogens is 1. The maximum atomic E-state index is 13.2. The summed E-state index contributed by atoms with van der Waals surface area (Å²) < 4.78 is 0.860. The Kier molecular flexibility index (Phi) is 7.54. The quantitative estimate of drug-likeness (QED) is 0.396. The minimum Gasteiger partial charge on any atom is -0.481 e. The third kappa shape index (κ3) is 5.19. The van der Waals surface area contributed by atoms with Gasteiger partial charge in [0.15, 0.2) is 5.78 Å². The van der Waals surface area contributed by atoms with Crippen LogP contribution in [0.15, 0.2) is 48.5 Å². The van der Waals surface area contributed by atoms with Gasteiger partial charge in [-0.2, -0.15) is 0 Å². The SMILES string of the molecule is O=C(c1ccc(-c2ccc(Cl)cc2)cc1)C1CCC(CSC(=S)N2CCCC2)C1C(=O)O. The molecule has 1 heterocycles. The molecule has 0 spiro atoms. The fourth-order valence-corrected chi connectivity index (χ4v) is 6.40. The van der Waals surface area contributed by atoms with Crippen LogP contribution in [0.1, 0.15) is 36.0 Å². The van der Waals surface area contributed by atoms with E-state index in [0.717, 1.165) is 47.8 Å². The second-order valence-electron chi connectivity index (χ2n) is 8.53. The highest BCUT2D eigenvalue weighted by Gasteiger charge is 2.44. The van der Waals surface area contributed by atoms with Crippen LogP contribution in [0.25, 0.3) is 11.1 Å². The Bertz CT molecular complexity index is 987. The first-order valence-corrected chi connectivity index (χ1v) is 12.8. The van der Waals surface area contributed by atoms with Crippen molar-refractivity contribution < 1.29 is 14.7 Å². The summed E-state index contributed by atoms with van der Waals surface area (Å²) in [5.41, 5.74) is 2.58. The Hall–Kier alpha value is -1.89. The predicted molar refractivity (Wildman–Crippen MR) is 134 cm³/mol. The van der Waals surface area contributed by atoms with Gasteiger partial charge in [-0.25, -0.2) is 0 Å². The molecular weight excluding hydrogens is 462 g/mol. The van der Waals surface area contributed by atoms with Gasteiger partial charge >= 0.3 is 5.97 Å². The molecule has 32 heavy (non-hydrogen) atoms. The molecule has 0 radical (unpaired) electrons. The number of aliphatic carboxylic acids is 1. The van der Waals surface area contributed by atoms with E-state index in [1.165, 1.54) is 0 Å². The highest BCUT2D eigenvalue weighted by Crippen LogP contribution is 2.41. The Labute approximate surface area is 203 Å². The van der Waals surface area contributed by atoms with Crippen LogP contribution in [0.4, 0.5) is 0 Å². The van der Waals surface area contributed by atoms with Gasteiger partial charge in [0.25, 0.3) is 0 Å². The largest absolute Gasteiger partial charge is 0.481 e. The fraction of sp³-hybridized carbons (Fsp3) is 0.400. The lowest BCUT2D eigenvalue weighted by Crippen LogP contribution is -2.31. The summed E-state index contributed by atoms with van der Waals surface area (Å²) in [5.74, 6) is -1.48. The summed E-state index contributed by atoms with van der Waals surface area (Å²) in [5, 5.41) is 10.6. The summed E-state index contributed by atoms with van der Waals surface area (Å²) in [6.45, 7) is 1.98. The van der Waals surface area contributed by atoms with Crippen LogP contribution in [-0.4, -0.2) is 44.9 Å². The van der Waals surface area contributed by atoms with Crippen molar-refractivity contribution in [3.05, 3.63) is 59.1 Å². The third-order valence-corrected chi connectivity index (χ3v) is 8.51. The van der Waals surface area contributed by atoms with E-state index in [9.17, 15) is 14.7 Å². The molecule has 1 N–H and O–H groups in total. The van der Waals surface area contributed by atoms with Gasteiger partial charge in [0, 0.05) is 35.3 Å². The van der Waals surface area contributed by atoms with Gasteiger partial charge in [-0.15, -0.1) is 0 Å². The molecule has 0 aromatic heterocycles. The van der Waals surface area contributed by atoms with Crippen LogP contribution in [0, 0.1) is 17.8 Å². The lowest BCUT2D eigenvalue weighted by atomic mass is 9.85. The molecular formula is C25H26ClNO3S2. The minimum absolute atomic E-state index is 0.0413. The van der Waals surface area contributed by atoms with E-state index in [-0.39, 0.29) is 11.7 Å². The van der Waals surface area contributed by atoms with Crippen molar-refractivity contribution >= 4 is 51.7 Å². The Balaban J connectivity index is 1.42. The molecule has 2 aromatic carbocycles. The molecule has 0 bridgehead atoms. The van der Waals surface area contributed by atoms with E-state index in [2.05, 4.69) is 4.90 Å². The molecule has 4 rings (SSSR count). The molecule has 2 fully saturated rings. The van der Waals surface area contributed by atoms with Crippen LogP contribution in [0.2, 0.25) is 5.02 Å². The molecule has 4 nitrogen and oxygen atoms in total. The van der Waals surface area contributed by atoms with Crippen molar-refractivity contribution in [3.63, 3.8) is 0 Å². The standard InChI is InChI=1S/C25H26ClNO3S2/c26-20-10-7-17(8-11-20)16-3-5-18(6-4-16)23(28)21-12-9-19(22(21)24(29)30)15-32-25(31)27-13-1-2-14-27/h3-8,10-11,19,21-22H,1-2,9,12-15H2,(H,29,30). The molecule has 3 atom stereocenters. The van der Waals surface area contributed by atoms with E-state index in [4.69, 9.17) is 23.8 Å². The fourth-order valence-electron chi connectivity index (χ4n) is 4.79. The van der Waals surface area contributed by atoms with Crippen molar-refractivity contribution in [2.24, 2.45) is 17.8 Å². The van der Waals surface area contributed by atoms with Crippen molar-refractivity contribution in [3.8, 4) is 11.1 Å². The maximum Gasteiger partial charge on any atom is 0.307 e. The normalized spacial score (nSPS) is 22.8. The molecule has 2 aromatic rings. The molecule has 1 saturated carbocycles. The number of likely N-dealkylation sites (tertiary alicyclic amines) is 1. The van der Waals surface area contributed by atoms with Crippen LogP contribution < -0.4 is 0 Å². The highest BCUT2D eigenvalue weighted by atomic mass is 35.5. The van der Waals surface area contributed by atoms with Gasteiger partial charge in [0.2, 0.25) is 0 Å². The second-order valence-corrected chi connectivity index (χ2v) is 10.6. The number of carbonyl (C=O) groups excluding carboxylic acids is 1. The van der Waals surface area contributed by atoms with Crippen LogP contribution >= 0.6 is 35.6 Å². The first-order valence-electron chi connectivity index (χ1n) is 11.0. The van der Waals surface area contributed by atoms with Crippen molar-refractivity contribution in [1.29, 1.82) is 0 Å². The van der Waals surface area contributed by atoms with Crippen LogP contribution in [-0.2, 0) is 4.79 Å². The van der Waals surface area contributed by atoms with Crippen LogP contribution in [0.5, 0.6) is 0 Å². The van der Waals surface area contributed by atoms with Gasteiger partial charge in [-0.05, 0) is 54.9 Å². The predicted octanol–water partition coefficient (Wildman–Crippen LogP) is 6.03. The number of hydrogen-bond donors (Lipinski definition) is 1. The Morgan fingerprint density at radius 2 is 1.59 bits per heavy atom. The number of thiocarbonyl (C=S) groups is 1. The molecule has 0 amide bonds. The zero-order chi connectivity index (χ0) is 22.7. The maximum absolute atomic E-state index is 13.2. The second kappa shape index (κ2) is 10.4. The number of carbonyl (C=O) groups is 2. The summed E-state index contributed by atoms with van der Waals surface area (Å²) >= 11 is 13.1. The van der Waals surface area contributed by atoms with Crippen LogP contribution in [0.3, 0.4) is 0 Å². The van der Waals surface area contributed by atoms with Crippen molar-refractivity contribution in [2.45, 2.75) is 25.7 Å². The van der Waals surface area contributed by atoms with Gasteiger partial charge in [0.1, 0.15) is 4.32 Å². The zero-order valence-electron chi connectivity index (χ0n) is 17.7. The average Bonchev–Trinajstić information content (AvgIpc) is 3.48. The van der Waals surface area contributed by atoms with Gasteiger partial charge in [-0.3, -0.25) is 9.59 Å². The number of rotatable bonds is 6. The third-order valence-electron chi connectivity index (χ3n) is 6.54. The summed E-state index contributed by atoms with van der Waals surface area (Å²) in [7, 11) is 0. The Morgan fingerprint density at radius 1 is 1.00 bits per heavy atom. The smallest absolute Gasteiger partial charge is 0.307 e. The van der Waals surface area contributed by atoms with Crippen molar-refractivity contribution in [1.82, 2.24) is 4.90 Å². The van der Waals surface area contributed by atoms with Gasteiger partial charge in [0.05, 0.1) is 5.92 Å². The minimum atomic E-state index is -0.878. The Morgan fingerprint density at radius 3 is 2.19 bits per heavy atom. The number of thioether (sulfide) groups is 1. The topological polar surface area (TPSA) is 57.6 Å². The lowest BCUT2D eigenvalue weighted by molar-refractivity contribution is -0.143. The molecule has 1 aliphatic carbocycles. The van der Waals surface area contributed by atoms with Gasteiger partial charge in [-0.1, -0.05) is 72.0 Å². The highest BCUT2D eigenvalue weighted by molar-refractivity contribution is 8.22. The number of ketones is 1. The van der Waals surface area contributed by atoms with E-state index in [1.807, 2.05) is 36.4 Å². The first-order chi connectivity index (χ1) is 15.4. The number of Topliss-reactive ketones (excluding diaryl/α,β-unsaturated/α-hetero) is 1. The molecule has 1 aliphatic heterocycles. The summed E-state index contributed by atoms with van der Waals surface area (Å²) in [4.78, 5) is 27.5. The average molecular weight is 488 g/mol. The summed E-state index contributed by atoms with van der Waals surface area (Å²) in [6, 6.07) is 15.0. The first kappa shape index (κ1) is 23.3. The molecule has 2 aliphatic rings. The van der Waals surface area contributed by atoms with E-state index < -0.39 is 17.8 Å².